The molecule has 0 aliphatic carbocycles. The maximum atomic E-state index is 11.1. The van der Waals surface area contributed by atoms with Crippen molar-refractivity contribution in [3.63, 3.8) is 0 Å². The lowest BCUT2D eigenvalue weighted by molar-refractivity contribution is -0.384. The van der Waals surface area contributed by atoms with E-state index in [-0.39, 0.29) is 22.1 Å². The second-order valence-corrected chi connectivity index (χ2v) is 5.13. The number of nitrogens with two attached hydrogens (primary N) is 1. The monoisotopic (exact) mass is 251 g/mol. The summed E-state index contributed by atoms with van der Waals surface area (Å²) in [6, 6.07) is 5.27. The van der Waals surface area contributed by atoms with Gasteiger partial charge < -0.3 is 11.1 Å². The minimum absolute atomic E-state index is 0.123. The molecule has 0 amide bonds. The molecule has 5 heteroatoms. The SMILES string of the molecule is Cc1cccc(NC(C)(CN)C(C)C)c1[N+](=O)[O-]. The molecule has 0 fully saturated rings. The number of benzene rings is 1. The molecular weight excluding hydrogens is 230 g/mol. The second kappa shape index (κ2) is 5.35. The van der Waals surface area contributed by atoms with Crippen molar-refractivity contribution in [2.75, 3.05) is 11.9 Å². The molecule has 1 aromatic rings. The highest BCUT2D eigenvalue weighted by atomic mass is 16.6. The summed E-state index contributed by atoms with van der Waals surface area (Å²) in [6.45, 7) is 8.21. The maximum Gasteiger partial charge on any atom is 0.295 e. The van der Waals surface area contributed by atoms with E-state index in [9.17, 15) is 10.1 Å². The normalized spacial score (nSPS) is 14.3. The standard InChI is InChI=1S/C13H21N3O2/c1-9(2)13(4,8-14)15-11-7-5-6-10(3)12(11)16(17)18/h5-7,9,15H,8,14H2,1-4H3. The van der Waals surface area contributed by atoms with Crippen LogP contribution in [0.3, 0.4) is 0 Å². The van der Waals surface area contributed by atoms with Gasteiger partial charge in [-0.25, -0.2) is 0 Å². The van der Waals surface area contributed by atoms with E-state index >= 15 is 0 Å². The number of hydrogen-bond acceptors (Lipinski definition) is 4. The van der Waals surface area contributed by atoms with Gasteiger partial charge in [0.25, 0.3) is 5.69 Å². The highest BCUT2D eigenvalue weighted by Gasteiger charge is 2.29. The van der Waals surface area contributed by atoms with Gasteiger partial charge in [0.15, 0.2) is 0 Å². The molecule has 0 saturated carbocycles. The third-order valence-electron chi connectivity index (χ3n) is 3.54. The lowest BCUT2D eigenvalue weighted by Gasteiger charge is -2.34. The molecule has 1 aromatic carbocycles. The Labute approximate surface area is 108 Å². The number of nitrogens with zero attached hydrogens (tertiary/aromatic N) is 1. The molecule has 1 rings (SSSR count). The molecule has 0 spiro atoms. The zero-order valence-corrected chi connectivity index (χ0v) is 11.4. The van der Waals surface area contributed by atoms with E-state index in [1.807, 2.05) is 26.8 Å². The van der Waals surface area contributed by atoms with Gasteiger partial charge in [0.2, 0.25) is 0 Å². The van der Waals surface area contributed by atoms with Crippen LogP contribution in [0.2, 0.25) is 0 Å². The number of rotatable bonds is 5. The van der Waals surface area contributed by atoms with Crippen molar-refractivity contribution in [2.24, 2.45) is 11.7 Å². The van der Waals surface area contributed by atoms with Crippen LogP contribution >= 0.6 is 0 Å². The van der Waals surface area contributed by atoms with Crippen molar-refractivity contribution in [1.29, 1.82) is 0 Å². The predicted octanol–water partition coefficient (Wildman–Crippen LogP) is 2.69. The zero-order valence-electron chi connectivity index (χ0n) is 11.4. The number of anilines is 1. The van der Waals surface area contributed by atoms with Crippen LogP contribution in [0.5, 0.6) is 0 Å². The van der Waals surface area contributed by atoms with Gasteiger partial charge in [-0.05, 0) is 25.8 Å². The molecule has 1 atom stereocenters. The van der Waals surface area contributed by atoms with Crippen molar-refractivity contribution in [1.82, 2.24) is 0 Å². The van der Waals surface area contributed by atoms with Gasteiger partial charge in [0.05, 0.1) is 4.92 Å². The van der Waals surface area contributed by atoms with Crippen LogP contribution < -0.4 is 11.1 Å². The van der Waals surface area contributed by atoms with Crippen LogP contribution in [0.15, 0.2) is 18.2 Å². The minimum atomic E-state index is -0.363. The predicted molar refractivity (Wildman–Crippen MR) is 73.8 cm³/mol. The number of aryl methyl sites for hydroxylation is 1. The summed E-state index contributed by atoms with van der Waals surface area (Å²) in [5.41, 5.74) is 6.72. The van der Waals surface area contributed by atoms with E-state index in [0.29, 0.717) is 17.8 Å². The van der Waals surface area contributed by atoms with Crippen LogP contribution in [0.1, 0.15) is 26.3 Å². The van der Waals surface area contributed by atoms with Crippen LogP contribution in [-0.2, 0) is 0 Å². The van der Waals surface area contributed by atoms with Crippen molar-refractivity contribution in [3.8, 4) is 0 Å². The fraction of sp³-hybridized carbons (Fsp3) is 0.538. The summed E-state index contributed by atoms with van der Waals surface area (Å²) >= 11 is 0. The Morgan fingerprint density at radius 2 is 2.11 bits per heavy atom. The third-order valence-corrected chi connectivity index (χ3v) is 3.54. The van der Waals surface area contributed by atoms with Gasteiger partial charge in [-0.15, -0.1) is 0 Å². The molecule has 100 valence electrons. The first kappa shape index (κ1) is 14.4. The van der Waals surface area contributed by atoms with Crippen molar-refractivity contribution < 1.29 is 4.92 Å². The average Bonchev–Trinajstić information content (AvgIpc) is 2.28. The Balaban J connectivity index is 3.19. The molecule has 1 unspecified atom stereocenters. The van der Waals surface area contributed by atoms with E-state index in [1.54, 1.807) is 19.1 Å². The van der Waals surface area contributed by atoms with Gasteiger partial charge in [-0.2, -0.15) is 0 Å². The number of para-hydroxylation sites is 1. The Kier molecular flexibility index (Phi) is 4.29. The minimum Gasteiger partial charge on any atom is -0.373 e. The van der Waals surface area contributed by atoms with Gasteiger partial charge in [-0.1, -0.05) is 26.0 Å². The van der Waals surface area contributed by atoms with Crippen molar-refractivity contribution in [3.05, 3.63) is 33.9 Å². The molecule has 5 nitrogen and oxygen atoms in total. The molecule has 0 heterocycles. The third kappa shape index (κ3) is 2.79. The summed E-state index contributed by atoms with van der Waals surface area (Å²) < 4.78 is 0. The number of nitro groups is 1. The van der Waals surface area contributed by atoms with E-state index in [1.165, 1.54) is 0 Å². The van der Waals surface area contributed by atoms with Gasteiger partial charge >= 0.3 is 0 Å². The zero-order chi connectivity index (χ0) is 13.9. The van der Waals surface area contributed by atoms with Crippen LogP contribution in [0.4, 0.5) is 11.4 Å². The summed E-state index contributed by atoms with van der Waals surface area (Å²) in [7, 11) is 0. The summed E-state index contributed by atoms with van der Waals surface area (Å²) in [6.07, 6.45) is 0. The van der Waals surface area contributed by atoms with E-state index in [0.717, 1.165) is 0 Å². The molecule has 0 aromatic heterocycles. The average molecular weight is 251 g/mol. The first-order chi connectivity index (χ1) is 8.31. The topological polar surface area (TPSA) is 81.2 Å². The summed E-state index contributed by atoms with van der Waals surface area (Å²) in [5.74, 6) is 0.266. The van der Waals surface area contributed by atoms with E-state index < -0.39 is 0 Å². The first-order valence-electron chi connectivity index (χ1n) is 6.04. The largest absolute Gasteiger partial charge is 0.373 e. The summed E-state index contributed by atoms with van der Waals surface area (Å²) in [4.78, 5) is 10.8. The van der Waals surface area contributed by atoms with Crippen molar-refractivity contribution >= 4 is 11.4 Å². The highest BCUT2D eigenvalue weighted by molar-refractivity contribution is 5.66. The van der Waals surface area contributed by atoms with Crippen LogP contribution in [0, 0.1) is 23.0 Å². The smallest absolute Gasteiger partial charge is 0.295 e. The van der Waals surface area contributed by atoms with E-state index in [4.69, 9.17) is 5.73 Å². The second-order valence-electron chi connectivity index (χ2n) is 5.13. The maximum absolute atomic E-state index is 11.1. The van der Waals surface area contributed by atoms with Crippen LogP contribution in [0.25, 0.3) is 0 Å². The first-order valence-corrected chi connectivity index (χ1v) is 6.04. The van der Waals surface area contributed by atoms with Gasteiger partial charge in [0.1, 0.15) is 5.69 Å². The Bertz CT molecular complexity index is 446. The molecule has 0 radical (unpaired) electrons. The molecule has 3 N–H and O–H groups in total. The Hall–Kier alpha value is -1.62. The quantitative estimate of drug-likeness (QED) is 0.622. The Morgan fingerprint density at radius 3 is 2.56 bits per heavy atom. The molecule has 0 aliphatic heterocycles. The molecule has 0 saturated heterocycles. The van der Waals surface area contributed by atoms with Gasteiger partial charge in [-0.3, -0.25) is 10.1 Å². The lowest BCUT2D eigenvalue weighted by atomic mass is 9.88. The van der Waals surface area contributed by atoms with Gasteiger partial charge in [0, 0.05) is 17.6 Å². The molecular formula is C13H21N3O2. The van der Waals surface area contributed by atoms with Crippen molar-refractivity contribution in [2.45, 2.75) is 33.2 Å². The van der Waals surface area contributed by atoms with E-state index in [2.05, 4.69) is 5.32 Å². The fourth-order valence-electron chi connectivity index (χ4n) is 1.74. The number of hydrogen-bond donors (Lipinski definition) is 2. The van der Waals surface area contributed by atoms with Crippen LogP contribution in [-0.4, -0.2) is 17.0 Å². The molecule has 18 heavy (non-hydrogen) atoms. The fourth-order valence-corrected chi connectivity index (χ4v) is 1.74. The highest BCUT2D eigenvalue weighted by Crippen LogP contribution is 2.31. The molecule has 0 aliphatic rings. The lowest BCUT2D eigenvalue weighted by Crippen LogP contribution is -2.47. The molecule has 0 bridgehead atoms. The summed E-state index contributed by atoms with van der Waals surface area (Å²) in [5, 5.41) is 14.3. The Morgan fingerprint density at radius 1 is 1.50 bits per heavy atom. The number of nitro benzene ring substituents is 1. The number of nitrogens with one attached hydrogen (secondary N) is 1.